The highest BCUT2D eigenvalue weighted by molar-refractivity contribution is 7.92. The van der Waals surface area contributed by atoms with Gasteiger partial charge in [-0.25, -0.2) is 8.42 Å². The molecule has 1 unspecified atom stereocenters. The van der Waals surface area contributed by atoms with E-state index in [0.29, 0.717) is 17.8 Å². The Morgan fingerprint density at radius 3 is 2.52 bits per heavy atom. The number of hydrogen-bond acceptors (Lipinski definition) is 4. The number of sulfonamides is 1. The number of nitrogens with one attached hydrogen (secondary N) is 4. The Bertz CT molecular complexity index is 1150. The highest BCUT2D eigenvalue weighted by atomic mass is 32.2. The van der Waals surface area contributed by atoms with Crippen molar-refractivity contribution in [3.63, 3.8) is 0 Å². The van der Waals surface area contributed by atoms with Gasteiger partial charge in [0, 0.05) is 36.1 Å². The van der Waals surface area contributed by atoms with E-state index in [4.69, 9.17) is 0 Å². The third kappa shape index (κ3) is 5.58. The summed E-state index contributed by atoms with van der Waals surface area (Å²) in [7, 11) is -3.43. The van der Waals surface area contributed by atoms with Crippen LogP contribution in [0.25, 0.3) is 10.9 Å². The molecule has 0 saturated carbocycles. The topological polar surface area (TPSA) is 120 Å². The lowest BCUT2D eigenvalue weighted by atomic mass is 10.0. The predicted octanol–water partition coefficient (Wildman–Crippen LogP) is 2.23. The van der Waals surface area contributed by atoms with Gasteiger partial charge in [-0.05, 0) is 29.8 Å². The van der Waals surface area contributed by atoms with E-state index in [0.717, 1.165) is 22.7 Å². The first-order valence-electron chi connectivity index (χ1n) is 8.92. The van der Waals surface area contributed by atoms with Crippen molar-refractivity contribution in [3.8, 4) is 0 Å². The number of rotatable bonds is 7. The number of anilines is 2. The number of fused-ring (bicyclic) bond motifs is 1. The first-order valence-corrected chi connectivity index (χ1v) is 10.8. The fraction of sp³-hybridized carbons (Fsp3) is 0.200. The predicted molar refractivity (Wildman–Crippen MR) is 113 cm³/mol. The maximum atomic E-state index is 12.8. The van der Waals surface area contributed by atoms with Crippen molar-refractivity contribution in [2.24, 2.45) is 0 Å². The minimum absolute atomic E-state index is 0.302. The van der Waals surface area contributed by atoms with E-state index in [1.165, 1.54) is 13.0 Å². The molecule has 0 aliphatic carbocycles. The second-order valence-corrected chi connectivity index (χ2v) is 8.51. The fourth-order valence-electron chi connectivity index (χ4n) is 3.08. The fourth-order valence-corrected chi connectivity index (χ4v) is 3.63. The summed E-state index contributed by atoms with van der Waals surface area (Å²) in [6.07, 6.45) is 3.17. The second kappa shape index (κ2) is 8.36. The van der Waals surface area contributed by atoms with Crippen molar-refractivity contribution in [3.05, 3.63) is 60.3 Å². The van der Waals surface area contributed by atoms with E-state index in [1.807, 2.05) is 30.5 Å². The van der Waals surface area contributed by atoms with E-state index in [2.05, 4.69) is 20.3 Å². The molecule has 1 heterocycles. The molecule has 9 heteroatoms. The van der Waals surface area contributed by atoms with Crippen molar-refractivity contribution in [1.29, 1.82) is 0 Å². The molecule has 1 atom stereocenters. The minimum Gasteiger partial charge on any atom is -0.361 e. The van der Waals surface area contributed by atoms with Crippen molar-refractivity contribution in [1.82, 2.24) is 10.3 Å². The van der Waals surface area contributed by atoms with Gasteiger partial charge in [-0.2, -0.15) is 0 Å². The number of carbonyl (C=O) groups excluding carboxylic acids is 2. The zero-order chi connectivity index (χ0) is 21.0. The molecule has 2 aromatic carbocycles. The molecular weight excluding hydrogens is 392 g/mol. The number of amides is 2. The summed E-state index contributed by atoms with van der Waals surface area (Å²) in [4.78, 5) is 27.6. The van der Waals surface area contributed by atoms with Crippen LogP contribution in [0.15, 0.2) is 54.7 Å². The van der Waals surface area contributed by atoms with Crippen LogP contribution in [0, 0.1) is 0 Å². The number of benzene rings is 2. The Hall–Kier alpha value is -3.33. The number of aromatic amines is 1. The number of hydrogen-bond donors (Lipinski definition) is 4. The van der Waals surface area contributed by atoms with Crippen molar-refractivity contribution in [2.45, 2.75) is 19.4 Å². The van der Waals surface area contributed by atoms with Gasteiger partial charge in [0.2, 0.25) is 21.8 Å². The summed E-state index contributed by atoms with van der Waals surface area (Å²) in [5.41, 5.74) is 2.60. The Morgan fingerprint density at radius 1 is 1.07 bits per heavy atom. The van der Waals surface area contributed by atoms with Gasteiger partial charge in [0.15, 0.2) is 0 Å². The molecule has 0 aliphatic heterocycles. The van der Waals surface area contributed by atoms with Crippen LogP contribution in [-0.2, 0) is 26.0 Å². The molecule has 0 spiro atoms. The lowest BCUT2D eigenvalue weighted by molar-refractivity contribution is -0.125. The average Bonchev–Trinajstić information content (AvgIpc) is 3.03. The molecule has 152 valence electrons. The normalized spacial score (nSPS) is 12.3. The first kappa shape index (κ1) is 20.4. The molecule has 0 bridgehead atoms. The average molecular weight is 414 g/mol. The van der Waals surface area contributed by atoms with E-state index in [9.17, 15) is 18.0 Å². The van der Waals surface area contributed by atoms with Crippen molar-refractivity contribution in [2.75, 3.05) is 16.3 Å². The molecule has 2 amide bonds. The SMILES string of the molecule is CC(=O)NC(Cc1c[nH]c2ccccc12)C(=O)Nc1cccc(NS(C)(=O)=O)c1. The van der Waals surface area contributed by atoms with Crippen LogP contribution in [0.3, 0.4) is 0 Å². The first-order chi connectivity index (χ1) is 13.7. The number of aromatic nitrogens is 1. The Labute approximate surface area is 168 Å². The number of H-pyrrole nitrogens is 1. The molecule has 8 nitrogen and oxygen atoms in total. The quantitative estimate of drug-likeness (QED) is 0.474. The monoisotopic (exact) mass is 414 g/mol. The van der Waals surface area contributed by atoms with Gasteiger partial charge in [-0.1, -0.05) is 24.3 Å². The Balaban J connectivity index is 1.79. The van der Waals surface area contributed by atoms with Crippen LogP contribution < -0.4 is 15.4 Å². The summed E-state index contributed by atoms with van der Waals surface area (Å²) in [5, 5.41) is 6.40. The third-order valence-corrected chi connectivity index (χ3v) is 4.83. The third-order valence-electron chi connectivity index (χ3n) is 4.23. The van der Waals surface area contributed by atoms with Crippen LogP contribution in [0.5, 0.6) is 0 Å². The molecule has 3 rings (SSSR count). The molecule has 29 heavy (non-hydrogen) atoms. The summed E-state index contributed by atoms with van der Waals surface area (Å²) in [6, 6.07) is 13.3. The van der Waals surface area contributed by atoms with Gasteiger partial charge >= 0.3 is 0 Å². The van der Waals surface area contributed by atoms with Crippen LogP contribution in [0.4, 0.5) is 11.4 Å². The zero-order valence-electron chi connectivity index (χ0n) is 16.0. The maximum absolute atomic E-state index is 12.8. The van der Waals surface area contributed by atoms with Gasteiger partial charge in [0.1, 0.15) is 6.04 Å². The number of para-hydroxylation sites is 1. The van der Waals surface area contributed by atoms with E-state index < -0.39 is 22.0 Å². The lowest BCUT2D eigenvalue weighted by Crippen LogP contribution is -2.44. The van der Waals surface area contributed by atoms with Gasteiger partial charge in [-0.3, -0.25) is 14.3 Å². The highest BCUT2D eigenvalue weighted by Crippen LogP contribution is 2.20. The Morgan fingerprint density at radius 2 is 1.79 bits per heavy atom. The zero-order valence-corrected chi connectivity index (χ0v) is 16.8. The second-order valence-electron chi connectivity index (χ2n) is 6.76. The highest BCUT2D eigenvalue weighted by Gasteiger charge is 2.21. The minimum atomic E-state index is -3.43. The summed E-state index contributed by atoms with van der Waals surface area (Å²) < 4.78 is 25.2. The number of carbonyl (C=O) groups is 2. The molecule has 4 N–H and O–H groups in total. The smallest absolute Gasteiger partial charge is 0.247 e. The lowest BCUT2D eigenvalue weighted by Gasteiger charge is -2.18. The van der Waals surface area contributed by atoms with Gasteiger partial charge in [-0.15, -0.1) is 0 Å². The Kier molecular flexibility index (Phi) is 5.88. The van der Waals surface area contributed by atoms with Gasteiger partial charge < -0.3 is 15.6 Å². The summed E-state index contributed by atoms with van der Waals surface area (Å²) >= 11 is 0. The standard InChI is InChI=1S/C20H22N4O4S/c1-13(25)22-19(10-14-12-21-18-9-4-3-8-17(14)18)20(26)23-15-6-5-7-16(11-15)24-29(2,27)28/h3-9,11-12,19,21,24H,10H2,1-2H3,(H,22,25)(H,23,26). The van der Waals surface area contributed by atoms with E-state index in [1.54, 1.807) is 18.2 Å². The molecule has 0 fully saturated rings. The van der Waals surface area contributed by atoms with E-state index in [-0.39, 0.29) is 5.91 Å². The van der Waals surface area contributed by atoms with Crippen LogP contribution in [0.1, 0.15) is 12.5 Å². The van der Waals surface area contributed by atoms with E-state index >= 15 is 0 Å². The van der Waals surface area contributed by atoms with Crippen LogP contribution in [-0.4, -0.2) is 37.5 Å². The molecule has 0 radical (unpaired) electrons. The van der Waals surface area contributed by atoms with Crippen molar-refractivity contribution >= 4 is 44.1 Å². The molecular formula is C20H22N4O4S. The summed E-state index contributed by atoms with van der Waals surface area (Å²) in [5.74, 6) is -0.723. The van der Waals surface area contributed by atoms with Gasteiger partial charge in [0.25, 0.3) is 0 Å². The molecule has 0 saturated heterocycles. The van der Waals surface area contributed by atoms with Gasteiger partial charge in [0.05, 0.1) is 11.9 Å². The summed E-state index contributed by atoms with van der Waals surface area (Å²) in [6.45, 7) is 1.35. The molecule has 3 aromatic rings. The van der Waals surface area contributed by atoms with Crippen molar-refractivity contribution < 1.29 is 18.0 Å². The van der Waals surface area contributed by atoms with Crippen LogP contribution in [0.2, 0.25) is 0 Å². The largest absolute Gasteiger partial charge is 0.361 e. The molecule has 1 aromatic heterocycles. The molecule has 0 aliphatic rings. The van der Waals surface area contributed by atoms with Crippen LogP contribution >= 0.6 is 0 Å². The maximum Gasteiger partial charge on any atom is 0.247 e.